The highest BCUT2D eigenvalue weighted by atomic mass is 16.5. The Morgan fingerprint density at radius 3 is 2.35 bits per heavy atom. The van der Waals surface area contributed by atoms with Crippen molar-refractivity contribution >= 4 is 16.7 Å². The van der Waals surface area contributed by atoms with Crippen molar-refractivity contribution in [3.8, 4) is 5.75 Å². The maximum atomic E-state index is 11.0. The van der Waals surface area contributed by atoms with E-state index in [9.17, 15) is 4.79 Å². The molecule has 0 bridgehead atoms. The predicted molar refractivity (Wildman–Crippen MR) is 126 cm³/mol. The van der Waals surface area contributed by atoms with Crippen LogP contribution in [0.5, 0.6) is 5.75 Å². The monoisotopic (exact) mass is 423 g/mol. The van der Waals surface area contributed by atoms with E-state index in [1.807, 2.05) is 0 Å². The average Bonchev–Trinajstić information content (AvgIpc) is 2.68. The third kappa shape index (κ3) is 5.06. The lowest BCUT2D eigenvalue weighted by Gasteiger charge is -2.40. The summed E-state index contributed by atoms with van der Waals surface area (Å²) in [5, 5.41) is 11.6. The molecule has 0 amide bonds. The molecule has 0 atom stereocenters. The molecule has 2 aromatic rings. The summed E-state index contributed by atoms with van der Waals surface area (Å²) in [5.74, 6) is 1.38. The molecule has 2 aromatic carbocycles. The number of aryl methyl sites for hydroxylation is 1. The molecule has 0 radical (unpaired) electrons. The normalized spacial score (nSPS) is 23.0. The van der Waals surface area contributed by atoms with Crippen LogP contribution in [0.15, 0.2) is 30.3 Å². The number of carboxylic acids is 1. The van der Waals surface area contributed by atoms with Crippen molar-refractivity contribution < 1.29 is 14.6 Å². The lowest BCUT2D eigenvalue weighted by atomic mass is 9.72. The van der Waals surface area contributed by atoms with Gasteiger partial charge in [-0.2, -0.15) is 0 Å². The van der Waals surface area contributed by atoms with Crippen LogP contribution in [-0.2, 0) is 11.3 Å². The fourth-order valence-electron chi connectivity index (χ4n) is 5.48. The zero-order valence-electron chi connectivity index (χ0n) is 19.5. The summed E-state index contributed by atoms with van der Waals surface area (Å²) in [7, 11) is 0. The van der Waals surface area contributed by atoms with Gasteiger partial charge in [0.25, 0.3) is 0 Å². The summed E-state index contributed by atoms with van der Waals surface area (Å²) in [5.41, 5.74) is 2.89. The van der Waals surface area contributed by atoms with E-state index in [0.29, 0.717) is 5.41 Å². The number of aliphatic carboxylic acids is 1. The van der Waals surface area contributed by atoms with Gasteiger partial charge in [-0.3, -0.25) is 9.69 Å². The second-order valence-corrected chi connectivity index (χ2v) is 10.8. The van der Waals surface area contributed by atoms with E-state index in [0.717, 1.165) is 44.1 Å². The van der Waals surface area contributed by atoms with Gasteiger partial charge in [0, 0.05) is 25.2 Å². The molecule has 0 unspecified atom stereocenters. The highest BCUT2D eigenvalue weighted by Gasteiger charge is 2.32. The van der Waals surface area contributed by atoms with Gasteiger partial charge in [0.05, 0.1) is 12.5 Å². The Labute approximate surface area is 186 Å². The first kappa shape index (κ1) is 22.1. The molecule has 1 saturated carbocycles. The number of fused-ring (bicyclic) bond motifs is 1. The van der Waals surface area contributed by atoms with Crippen molar-refractivity contribution in [2.75, 3.05) is 13.1 Å². The fourth-order valence-corrected chi connectivity index (χ4v) is 5.48. The molecule has 0 aromatic heterocycles. The first-order valence-corrected chi connectivity index (χ1v) is 11.8. The SMILES string of the molecule is Cc1cc(O[C@H]2CC[C@H](C(C)(C)C)CC2)c(CN2CC(CC(=O)O)C2)c2ccccc12. The van der Waals surface area contributed by atoms with Crippen LogP contribution in [0.1, 0.15) is 64.0 Å². The van der Waals surface area contributed by atoms with Gasteiger partial charge >= 0.3 is 5.97 Å². The van der Waals surface area contributed by atoms with Crippen LogP contribution in [0.2, 0.25) is 0 Å². The van der Waals surface area contributed by atoms with Crippen LogP contribution in [0.25, 0.3) is 10.8 Å². The number of carboxylic acid groups (broad SMARTS) is 1. The standard InChI is InChI=1S/C27H37NO3/c1-18-13-25(31-21-11-9-20(10-12-21)27(2,3)4)24(23-8-6-5-7-22(18)23)17-28-15-19(16-28)14-26(29)30/h5-8,13,19-21H,9-12,14-17H2,1-4H3,(H,29,30)/t20-,21-. The van der Waals surface area contributed by atoms with Crippen LogP contribution in [0, 0.1) is 24.2 Å². The van der Waals surface area contributed by atoms with E-state index in [2.05, 4.69) is 62.9 Å². The number of ether oxygens (including phenoxy) is 1. The van der Waals surface area contributed by atoms with Gasteiger partial charge in [0.2, 0.25) is 0 Å². The Balaban J connectivity index is 1.53. The summed E-state index contributed by atoms with van der Waals surface area (Å²) in [6.07, 6.45) is 5.27. The first-order chi connectivity index (χ1) is 14.7. The van der Waals surface area contributed by atoms with E-state index in [1.165, 1.54) is 34.7 Å². The summed E-state index contributed by atoms with van der Waals surface area (Å²) in [6.45, 7) is 11.8. The molecule has 0 spiro atoms. The van der Waals surface area contributed by atoms with Gasteiger partial charge in [-0.15, -0.1) is 0 Å². The lowest BCUT2D eigenvalue weighted by Crippen LogP contribution is -2.46. The van der Waals surface area contributed by atoms with Gasteiger partial charge in [-0.25, -0.2) is 0 Å². The minimum atomic E-state index is -0.694. The van der Waals surface area contributed by atoms with Crippen LogP contribution in [0.4, 0.5) is 0 Å². The highest BCUT2D eigenvalue weighted by Crippen LogP contribution is 2.40. The molecule has 1 heterocycles. The van der Waals surface area contributed by atoms with E-state index < -0.39 is 5.97 Å². The molecule has 2 fully saturated rings. The molecule has 1 aliphatic heterocycles. The minimum absolute atomic E-state index is 0.269. The molecule has 2 aliphatic rings. The third-order valence-electron chi connectivity index (χ3n) is 7.39. The molecule has 4 heteroatoms. The third-order valence-corrected chi connectivity index (χ3v) is 7.39. The second kappa shape index (κ2) is 8.82. The first-order valence-electron chi connectivity index (χ1n) is 11.8. The Bertz CT molecular complexity index is 931. The highest BCUT2D eigenvalue weighted by molar-refractivity contribution is 5.90. The summed E-state index contributed by atoms with van der Waals surface area (Å²) < 4.78 is 6.68. The Kier molecular flexibility index (Phi) is 6.30. The Morgan fingerprint density at radius 2 is 1.74 bits per heavy atom. The number of nitrogens with zero attached hydrogens (tertiary/aromatic N) is 1. The zero-order valence-corrected chi connectivity index (χ0v) is 19.5. The van der Waals surface area contributed by atoms with Crippen molar-refractivity contribution in [1.29, 1.82) is 0 Å². The van der Waals surface area contributed by atoms with Crippen LogP contribution >= 0.6 is 0 Å². The molecule has 4 rings (SSSR count). The lowest BCUT2D eigenvalue weighted by molar-refractivity contribution is -0.139. The van der Waals surface area contributed by atoms with E-state index in [-0.39, 0.29) is 18.4 Å². The van der Waals surface area contributed by atoms with Crippen molar-refractivity contribution in [2.45, 2.75) is 72.4 Å². The molecular weight excluding hydrogens is 386 g/mol. The van der Waals surface area contributed by atoms with Crippen LogP contribution in [0.3, 0.4) is 0 Å². The zero-order chi connectivity index (χ0) is 22.2. The summed E-state index contributed by atoms with van der Waals surface area (Å²) in [4.78, 5) is 13.4. The van der Waals surface area contributed by atoms with Gasteiger partial charge in [0.15, 0.2) is 0 Å². The summed E-state index contributed by atoms with van der Waals surface area (Å²) >= 11 is 0. The number of carbonyl (C=O) groups is 1. The largest absolute Gasteiger partial charge is 0.490 e. The maximum absolute atomic E-state index is 11.0. The number of benzene rings is 2. The minimum Gasteiger partial charge on any atom is -0.490 e. The van der Waals surface area contributed by atoms with E-state index in [4.69, 9.17) is 9.84 Å². The van der Waals surface area contributed by atoms with Crippen molar-refractivity contribution in [3.63, 3.8) is 0 Å². The van der Waals surface area contributed by atoms with Gasteiger partial charge in [-0.1, -0.05) is 45.0 Å². The molecule has 31 heavy (non-hydrogen) atoms. The van der Waals surface area contributed by atoms with E-state index >= 15 is 0 Å². The second-order valence-electron chi connectivity index (χ2n) is 10.8. The number of rotatable bonds is 6. The molecule has 4 nitrogen and oxygen atoms in total. The molecule has 168 valence electrons. The Morgan fingerprint density at radius 1 is 1.10 bits per heavy atom. The van der Waals surface area contributed by atoms with E-state index in [1.54, 1.807) is 0 Å². The topological polar surface area (TPSA) is 49.8 Å². The van der Waals surface area contributed by atoms with Crippen LogP contribution < -0.4 is 4.74 Å². The number of likely N-dealkylation sites (tertiary alicyclic amines) is 1. The summed E-state index contributed by atoms with van der Waals surface area (Å²) in [6, 6.07) is 10.8. The van der Waals surface area contributed by atoms with Gasteiger partial charge in [0.1, 0.15) is 5.75 Å². The predicted octanol–water partition coefficient (Wildman–Crippen LogP) is 6.04. The molecule has 1 aliphatic carbocycles. The smallest absolute Gasteiger partial charge is 0.303 e. The van der Waals surface area contributed by atoms with Gasteiger partial charge in [-0.05, 0) is 72.3 Å². The molecular formula is C27H37NO3. The quantitative estimate of drug-likeness (QED) is 0.615. The fraction of sp³-hybridized carbons (Fsp3) is 0.593. The number of hydrogen-bond acceptors (Lipinski definition) is 3. The number of hydrogen-bond donors (Lipinski definition) is 1. The maximum Gasteiger partial charge on any atom is 0.303 e. The van der Waals surface area contributed by atoms with Crippen molar-refractivity contribution in [3.05, 3.63) is 41.5 Å². The Hall–Kier alpha value is -2.07. The molecule has 1 saturated heterocycles. The van der Waals surface area contributed by atoms with Crippen molar-refractivity contribution in [1.82, 2.24) is 4.90 Å². The average molecular weight is 424 g/mol. The van der Waals surface area contributed by atoms with Crippen molar-refractivity contribution in [2.24, 2.45) is 17.3 Å². The van der Waals surface area contributed by atoms with Gasteiger partial charge < -0.3 is 9.84 Å². The molecule has 1 N–H and O–H groups in total. The van der Waals surface area contributed by atoms with Crippen LogP contribution in [-0.4, -0.2) is 35.2 Å².